The summed E-state index contributed by atoms with van der Waals surface area (Å²) >= 11 is 1.08. The normalized spacial score (nSPS) is 10.7. The first kappa shape index (κ1) is 9.92. The van der Waals surface area contributed by atoms with Crippen molar-refractivity contribution in [3.05, 3.63) is 33.4 Å². The summed E-state index contributed by atoms with van der Waals surface area (Å²) in [6.45, 7) is 1.66. The van der Waals surface area contributed by atoms with Gasteiger partial charge in [0.25, 0.3) is 0 Å². The molecule has 0 radical (unpaired) electrons. The summed E-state index contributed by atoms with van der Waals surface area (Å²) in [5.74, 6) is -1.00. The highest BCUT2D eigenvalue weighted by Crippen LogP contribution is 2.18. The van der Waals surface area contributed by atoms with Crippen molar-refractivity contribution >= 4 is 27.5 Å². The number of carboxylic acids is 1. The Morgan fingerprint density at radius 3 is 2.93 bits per heavy atom. The molecule has 0 bridgehead atoms. The monoisotopic (exact) mass is 223 g/mol. The third-order valence-corrected chi connectivity index (χ3v) is 3.06. The fourth-order valence-electron chi connectivity index (χ4n) is 1.46. The van der Waals surface area contributed by atoms with Crippen LogP contribution in [0.2, 0.25) is 0 Å². The van der Waals surface area contributed by atoms with Gasteiger partial charge in [-0.25, -0.2) is 0 Å². The van der Waals surface area contributed by atoms with Crippen molar-refractivity contribution in [1.82, 2.24) is 4.57 Å². The van der Waals surface area contributed by atoms with Crippen molar-refractivity contribution in [2.24, 2.45) is 0 Å². The summed E-state index contributed by atoms with van der Waals surface area (Å²) in [5.41, 5.74) is 1.75. The van der Waals surface area contributed by atoms with Crippen molar-refractivity contribution in [3.8, 4) is 0 Å². The van der Waals surface area contributed by atoms with Gasteiger partial charge >= 0.3 is 10.8 Å². The number of thiazole rings is 1. The quantitative estimate of drug-likeness (QED) is 0.838. The lowest BCUT2D eigenvalue weighted by Gasteiger charge is -1.99. The van der Waals surface area contributed by atoms with Crippen LogP contribution in [0.25, 0.3) is 10.2 Å². The molecule has 0 aliphatic carbocycles. The van der Waals surface area contributed by atoms with Crippen LogP contribution < -0.4 is 4.87 Å². The standard InChI is InChI=1S/C10H9NO3S/c1-6-2-3-7-8(4-6)15-10(14)11(7)5-9(12)13/h2-4H,5H2,1H3,(H,12,13). The molecule has 0 aliphatic heterocycles. The molecule has 0 saturated heterocycles. The van der Waals surface area contributed by atoms with E-state index < -0.39 is 5.97 Å². The summed E-state index contributed by atoms with van der Waals surface area (Å²) in [7, 11) is 0. The van der Waals surface area contributed by atoms with Crippen LogP contribution in [0.15, 0.2) is 23.0 Å². The molecule has 4 nitrogen and oxygen atoms in total. The topological polar surface area (TPSA) is 59.3 Å². The molecule has 78 valence electrons. The van der Waals surface area contributed by atoms with Gasteiger partial charge in [-0.2, -0.15) is 0 Å². The Labute approximate surface area is 89.4 Å². The number of aryl methyl sites for hydroxylation is 1. The average molecular weight is 223 g/mol. The number of hydrogen-bond donors (Lipinski definition) is 1. The molecular formula is C10H9NO3S. The molecule has 5 heteroatoms. The van der Waals surface area contributed by atoms with E-state index in [0.717, 1.165) is 21.6 Å². The zero-order chi connectivity index (χ0) is 11.0. The molecule has 1 N–H and O–H groups in total. The lowest BCUT2D eigenvalue weighted by Crippen LogP contribution is -2.18. The zero-order valence-electron chi connectivity index (χ0n) is 8.06. The lowest BCUT2D eigenvalue weighted by atomic mass is 10.2. The molecule has 2 aromatic rings. The van der Waals surface area contributed by atoms with Crippen LogP contribution in [0, 0.1) is 6.92 Å². The number of aliphatic carboxylic acids is 1. The van der Waals surface area contributed by atoms with Gasteiger partial charge in [-0.1, -0.05) is 17.4 Å². The van der Waals surface area contributed by atoms with E-state index in [2.05, 4.69) is 0 Å². The summed E-state index contributed by atoms with van der Waals surface area (Å²) in [6, 6.07) is 5.54. The molecule has 15 heavy (non-hydrogen) atoms. The SMILES string of the molecule is Cc1ccc2c(c1)sc(=O)n2CC(=O)O. The highest BCUT2D eigenvalue weighted by atomic mass is 32.1. The van der Waals surface area contributed by atoms with Crippen molar-refractivity contribution in [2.75, 3.05) is 0 Å². The number of carbonyl (C=O) groups is 1. The summed E-state index contributed by atoms with van der Waals surface area (Å²) in [4.78, 5) is 21.9. The smallest absolute Gasteiger partial charge is 0.323 e. The van der Waals surface area contributed by atoms with Crippen LogP contribution in [-0.4, -0.2) is 15.6 Å². The molecule has 1 aromatic carbocycles. The predicted octanol–water partition coefficient (Wildman–Crippen LogP) is 1.46. The highest BCUT2D eigenvalue weighted by Gasteiger charge is 2.09. The van der Waals surface area contributed by atoms with Gasteiger partial charge in [-0.3, -0.25) is 14.2 Å². The highest BCUT2D eigenvalue weighted by molar-refractivity contribution is 7.16. The number of nitrogens with zero attached hydrogens (tertiary/aromatic N) is 1. The largest absolute Gasteiger partial charge is 0.480 e. The molecule has 0 amide bonds. The minimum Gasteiger partial charge on any atom is -0.480 e. The van der Waals surface area contributed by atoms with E-state index in [-0.39, 0.29) is 11.4 Å². The van der Waals surface area contributed by atoms with E-state index in [1.54, 1.807) is 6.07 Å². The molecular weight excluding hydrogens is 214 g/mol. The minimum atomic E-state index is -1.00. The number of hydrogen-bond acceptors (Lipinski definition) is 3. The second-order valence-corrected chi connectivity index (χ2v) is 4.31. The Morgan fingerprint density at radius 2 is 2.27 bits per heavy atom. The molecule has 0 fully saturated rings. The first-order valence-electron chi connectivity index (χ1n) is 4.40. The third-order valence-electron chi connectivity index (χ3n) is 2.12. The summed E-state index contributed by atoms with van der Waals surface area (Å²) in [5, 5.41) is 8.67. The summed E-state index contributed by atoms with van der Waals surface area (Å²) < 4.78 is 2.11. The Kier molecular flexibility index (Phi) is 2.32. The maximum Gasteiger partial charge on any atom is 0.323 e. The van der Waals surface area contributed by atoms with E-state index in [9.17, 15) is 9.59 Å². The van der Waals surface area contributed by atoms with Crippen LogP contribution in [0.1, 0.15) is 5.56 Å². The van der Waals surface area contributed by atoms with Gasteiger partial charge in [0.15, 0.2) is 0 Å². The van der Waals surface area contributed by atoms with E-state index in [1.165, 1.54) is 4.57 Å². The van der Waals surface area contributed by atoms with Gasteiger partial charge in [-0.05, 0) is 24.6 Å². The average Bonchev–Trinajstić information content (AvgIpc) is 2.41. The van der Waals surface area contributed by atoms with Crippen LogP contribution in [-0.2, 0) is 11.3 Å². The maximum atomic E-state index is 11.5. The number of carboxylic acid groups (broad SMARTS) is 1. The van der Waals surface area contributed by atoms with E-state index in [1.807, 2.05) is 19.1 Å². The van der Waals surface area contributed by atoms with Gasteiger partial charge in [0, 0.05) is 0 Å². The lowest BCUT2D eigenvalue weighted by molar-refractivity contribution is -0.137. The molecule has 1 heterocycles. The summed E-state index contributed by atoms with van der Waals surface area (Å²) in [6.07, 6.45) is 0. The van der Waals surface area contributed by atoms with Crippen molar-refractivity contribution in [3.63, 3.8) is 0 Å². The number of rotatable bonds is 2. The van der Waals surface area contributed by atoms with Crippen molar-refractivity contribution in [1.29, 1.82) is 0 Å². The van der Waals surface area contributed by atoms with Crippen LogP contribution in [0.4, 0.5) is 0 Å². The first-order valence-corrected chi connectivity index (χ1v) is 5.21. The zero-order valence-corrected chi connectivity index (χ0v) is 8.87. The Hall–Kier alpha value is -1.62. The molecule has 1 aromatic heterocycles. The van der Waals surface area contributed by atoms with E-state index in [4.69, 9.17) is 5.11 Å². The number of benzene rings is 1. The third kappa shape index (κ3) is 1.78. The van der Waals surface area contributed by atoms with Crippen LogP contribution in [0.3, 0.4) is 0 Å². The Bertz CT molecular complexity index is 582. The maximum absolute atomic E-state index is 11.5. The van der Waals surface area contributed by atoms with E-state index in [0.29, 0.717) is 5.52 Å². The number of aromatic nitrogens is 1. The molecule has 0 unspecified atom stereocenters. The van der Waals surface area contributed by atoms with Gasteiger partial charge in [-0.15, -0.1) is 0 Å². The number of fused-ring (bicyclic) bond motifs is 1. The predicted molar refractivity (Wildman–Crippen MR) is 58.5 cm³/mol. The molecule has 2 rings (SSSR count). The molecule has 0 aliphatic rings. The van der Waals surface area contributed by atoms with Gasteiger partial charge in [0.05, 0.1) is 10.2 Å². The second-order valence-electron chi connectivity index (χ2n) is 3.32. The molecule has 0 spiro atoms. The fraction of sp³-hybridized carbons (Fsp3) is 0.200. The van der Waals surface area contributed by atoms with Crippen LogP contribution in [0.5, 0.6) is 0 Å². The minimum absolute atomic E-state index is 0.224. The Balaban J connectivity index is 2.68. The second kappa shape index (κ2) is 3.51. The molecule has 0 saturated carbocycles. The van der Waals surface area contributed by atoms with Crippen LogP contribution >= 0.6 is 11.3 Å². The van der Waals surface area contributed by atoms with Gasteiger partial charge in [0.1, 0.15) is 6.54 Å². The van der Waals surface area contributed by atoms with E-state index >= 15 is 0 Å². The van der Waals surface area contributed by atoms with Gasteiger partial charge in [0.2, 0.25) is 0 Å². The first-order chi connectivity index (χ1) is 7.08. The fourth-order valence-corrected chi connectivity index (χ4v) is 2.45. The van der Waals surface area contributed by atoms with Crippen molar-refractivity contribution in [2.45, 2.75) is 13.5 Å². The van der Waals surface area contributed by atoms with Gasteiger partial charge < -0.3 is 5.11 Å². The Morgan fingerprint density at radius 1 is 1.53 bits per heavy atom. The van der Waals surface area contributed by atoms with Crippen molar-refractivity contribution < 1.29 is 9.90 Å². The molecule has 0 atom stereocenters.